The average Bonchev–Trinajstić information content (AvgIpc) is 2.03. The Morgan fingerprint density at radius 3 is 1.57 bits per heavy atom. The van der Waals surface area contributed by atoms with Crippen LogP contribution in [0.25, 0.3) is 0 Å². The number of rotatable bonds is 4. The van der Waals surface area contributed by atoms with Crippen molar-refractivity contribution in [1.29, 1.82) is 0 Å². The average molecular weight is 220 g/mol. The minimum absolute atomic E-state index is 0.00907. The highest BCUT2D eigenvalue weighted by Gasteiger charge is 2.15. The molecule has 14 heavy (non-hydrogen) atoms. The van der Waals surface area contributed by atoms with E-state index in [0.717, 1.165) is 0 Å². The zero-order chi connectivity index (χ0) is 11.3. The lowest BCUT2D eigenvalue weighted by molar-refractivity contribution is -0.139. The molecule has 0 saturated carbocycles. The van der Waals surface area contributed by atoms with Crippen molar-refractivity contribution in [3.63, 3.8) is 0 Å². The van der Waals surface area contributed by atoms with Crippen LogP contribution in [0.15, 0.2) is 0 Å². The van der Waals surface area contributed by atoms with Crippen LogP contribution in [0.2, 0.25) is 0 Å². The molecule has 0 aromatic heterocycles. The van der Waals surface area contributed by atoms with Gasteiger partial charge < -0.3 is 20.8 Å². The second-order valence-electron chi connectivity index (χ2n) is 2.74. The topological polar surface area (TPSA) is 98.7 Å². The summed E-state index contributed by atoms with van der Waals surface area (Å²) in [6, 6.07) is -1.70. The van der Waals surface area contributed by atoms with Crippen molar-refractivity contribution in [2.24, 2.45) is 0 Å². The van der Waals surface area contributed by atoms with Gasteiger partial charge >= 0.3 is 11.9 Å². The number of carboxylic acids is 2. The van der Waals surface area contributed by atoms with Gasteiger partial charge in [-0.05, 0) is 26.1 Å². The Hall–Kier alpha value is -1.37. The number of aliphatic carboxylic acids is 2. The summed E-state index contributed by atoms with van der Waals surface area (Å²) < 4.78 is 0. The van der Waals surface area contributed by atoms with Gasteiger partial charge in [-0.2, -0.15) is 0 Å². The lowest BCUT2D eigenvalue weighted by Crippen LogP contribution is -2.48. The molecule has 0 amide bonds. The van der Waals surface area contributed by atoms with E-state index < -0.39 is 24.0 Å². The van der Waals surface area contributed by atoms with Gasteiger partial charge in [-0.3, -0.25) is 9.59 Å². The molecule has 0 fully saturated rings. The number of thiocarbonyl (C=S) groups is 1. The fraction of sp³-hybridized carbons (Fsp3) is 0.571. The molecule has 0 radical (unpaired) electrons. The Bertz CT molecular complexity index is 232. The first-order chi connectivity index (χ1) is 6.34. The van der Waals surface area contributed by atoms with E-state index in [-0.39, 0.29) is 5.11 Å². The molecule has 0 aliphatic rings. The van der Waals surface area contributed by atoms with Gasteiger partial charge in [-0.15, -0.1) is 0 Å². The molecule has 80 valence electrons. The number of hydrogen-bond acceptors (Lipinski definition) is 3. The van der Waals surface area contributed by atoms with Gasteiger partial charge in [0.2, 0.25) is 0 Å². The summed E-state index contributed by atoms with van der Waals surface area (Å²) in [5.41, 5.74) is 0. The van der Waals surface area contributed by atoms with Crippen LogP contribution in [0.5, 0.6) is 0 Å². The third-order valence-electron chi connectivity index (χ3n) is 1.44. The molecule has 2 atom stereocenters. The monoisotopic (exact) mass is 220 g/mol. The van der Waals surface area contributed by atoms with Crippen molar-refractivity contribution in [1.82, 2.24) is 10.6 Å². The Morgan fingerprint density at radius 2 is 1.36 bits per heavy atom. The lowest BCUT2D eigenvalue weighted by Gasteiger charge is -2.15. The maximum absolute atomic E-state index is 10.4. The van der Waals surface area contributed by atoms with Crippen LogP contribution in [-0.4, -0.2) is 39.3 Å². The molecule has 2 unspecified atom stereocenters. The first-order valence-electron chi connectivity index (χ1n) is 3.87. The molecule has 0 aliphatic heterocycles. The summed E-state index contributed by atoms with van der Waals surface area (Å²) in [4.78, 5) is 20.8. The Kier molecular flexibility index (Phi) is 4.85. The van der Waals surface area contributed by atoms with Crippen molar-refractivity contribution in [2.75, 3.05) is 0 Å². The summed E-state index contributed by atoms with van der Waals surface area (Å²) in [5.74, 6) is -2.12. The highest BCUT2D eigenvalue weighted by Crippen LogP contribution is 1.85. The predicted octanol–water partition coefficient (Wildman–Crippen LogP) is -0.603. The lowest BCUT2D eigenvalue weighted by atomic mass is 10.3. The largest absolute Gasteiger partial charge is 0.480 e. The van der Waals surface area contributed by atoms with Gasteiger partial charge in [0.1, 0.15) is 12.1 Å². The smallest absolute Gasteiger partial charge is 0.325 e. The van der Waals surface area contributed by atoms with Crippen LogP contribution in [0.3, 0.4) is 0 Å². The van der Waals surface area contributed by atoms with Gasteiger partial charge in [0, 0.05) is 0 Å². The molecule has 0 bridgehead atoms. The van der Waals surface area contributed by atoms with E-state index in [1.54, 1.807) is 0 Å². The molecule has 0 aromatic carbocycles. The fourth-order valence-electron chi connectivity index (χ4n) is 0.558. The van der Waals surface area contributed by atoms with E-state index in [1.807, 2.05) is 0 Å². The van der Waals surface area contributed by atoms with E-state index in [0.29, 0.717) is 0 Å². The van der Waals surface area contributed by atoms with E-state index >= 15 is 0 Å². The Balaban J connectivity index is 3.99. The number of hydrogen-bond donors (Lipinski definition) is 4. The molecule has 0 saturated heterocycles. The molecule has 0 rings (SSSR count). The van der Waals surface area contributed by atoms with Gasteiger partial charge in [-0.25, -0.2) is 0 Å². The molecule has 0 spiro atoms. The number of carboxylic acid groups (broad SMARTS) is 2. The molecule has 6 nitrogen and oxygen atoms in total. The standard InChI is InChI=1S/C7H12N2O4S/c1-3(5(10)11)8-7(14)9-4(2)6(12)13/h3-4H,1-2H3,(H,10,11)(H,12,13)(H2,8,9,14). The van der Waals surface area contributed by atoms with E-state index in [1.165, 1.54) is 13.8 Å². The summed E-state index contributed by atoms with van der Waals surface area (Å²) in [6.07, 6.45) is 0. The Labute approximate surface area is 86.3 Å². The molecule has 0 heterocycles. The van der Waals surface area contributed by atoms with Crippen LogP contribution >= 0.6 is 12.2 Å². The molecule has 0 aromatic rings. The summed E-state index contributed by atoms with van der Waals surface area (Å²) in [7, 11) is 0. The fourth-order valence-corrected chi connectivity index (χ4v) is 0.912. The minimum Gasteiger partial charge on any atom is -0.480 e. The first kappa shape index (κ1) is 12.6. The van der Waals surface area contributed by atoms with Crippen molar-refractivity contribution < 1.29 is 19.8 Å². The maximum Gasteiger partial charge on any atom is 0.325 e. The SMILES string of the molecule is CC(NC(=S)NC(C)C(=O)O)C(=O)O. The van der Waals surface area contributed by atoms with E-state index in [9.17, 15) is 9.59 Å². The third-order valence-corrected chi connectivity index (χ3v) is 1.67. The second-order valence-corrected chi connectivity index (χ2v) is 3.15. The summed E-state index contributed by atoms with van der Waals surface area (Å²) >= 11 is 4.70. The van der Waals surface area contributed by atoms with E-state index in [4.69, 9.17) is 22.4 Å². The second kappa shape index (κ2) is 5.38. The van der Waals surface area contributed by atoms with Crippen molar-refractivity contribution in [2.45, 2.75) is 25.9 Å². The van der Waals surface area contributed by atoms with Crippen LogP contribution < -0.4 is 10.6 Å². The molecule has 4 N–H and O–H groups in total. The Morgan fingerprint density at radius 1 is 1.07 bits per heavy atom. The highest BCUT2D eigenvalue weighted by atomic mass is 32.1. The minimum atomic E-state index is -1.06. The quantitative estimate of drug-likeness (QED) is 0.469. The predicted molar refractivity (Wildman–Crippen MR) is 53.1 cm³/mol. The third kappa shape index (κ3) is 4.61. The van der Waals surface area contributed by atoms with Crippen molar-refractivity contribution >= 4 is 29.3 Å². The number of carbonyl (C=O) groups is 2. The zero-order valence-electron chi connectivity index (χ0n) is 7.77. The molecule has 0 aliphatic carbocycles. The van der Waals surface area contributed by atoms with Crippen molar-refractivity contribution in [3.8, 4) is 0 Å². The highest BCUT2D eigenvalue weighted by molar-refractivity contribution is 7.80. The van der Waals surface area contributed by atoms with Crippen LogP contribution in [0.4, 0.5) is 0 Å². The molecule has 7 heteroatoms. The maximum atomic E-state index is 10.4. The number of nitrogens with one attached hydrogen (secondary N) is 2. The first-order valence-corrected chi connectivity index (χ1v) is 4.28. The van der Waals surface area contributed by atoms with Crippen LogP contribution in [0, 0.1) is 0 Å². The summed E-state index contributed by atoms with van der Waals surface area (Å²) in [5, 5.41) is 21.9. The van der Waals surface area contributed by atoms with Gasteiger partial charge in [0.25, 0.3) is 0 Å². The van der Waals surface area contributed by atoms with Gasteiger partial charge in [-0.1, -0.05) is 0 Å². The van der Waals surface area contributed by atoms with Crippen LogP contribution in [0.1, 0.15) is 13.8 Å². The van der Waals surface area contributed by atoms with Crippen LogP contribution in [-0.2, 0) is 9.59 Å². The molecular formula is C7H12N2O4S. The van der Waals surface area contributed by atoms with Gasteiger partial charge in [0.15, 0.2) is 5.11 Å². The summed E-state index contributed by atoms with van der Waals surface area (Å²) in [6.45, 7) is 2.81. The molecular weight excluding hydrogens is 208 g/mol. The van der Waals surface area contributed by atoms with Gasteiger partial charge in [0.05, 0.1) is 0 Å². The van der Waals surface area contributed by atoms with E-state index in [2.05, 4.69) is 10.6 Å². The zero-order valence-corrected chi connectivity index (χ0v) is 8.59. The normalized spacial score (nSPS) is 13.9. The van der Waals surface area contributed by atoms with Crippen molar-refractivity contribution in [3.05, 3.63) is 0 Å².